The molecule has 0 aliphatic carbocycles. The fraction of sp³-hybridized carbons (Fsp3) is 0.312. The Bertz CT molecular complexity index is 590. The summed E-state index contributed by atoms with van der Waals surface area (Å²) >= 11 is 0. The number of hydrogen-bond acceptors (Lipinski definition) is 3. The number of fused-ring (bicyclic) bond motifs is 1. The number of nitrogens with one attached hydrogen (secondary N) is 1. The van der Waals surface area contributed by atoms with Crippen molar-refractivity contribution in [3.8, 4) is 5.75 Å². The Morgan fingerprint density at radius 1 is 1.21 bits per heavy atom. The lowest BCUT2D eigenvalue weighted by atomic mass is 10.0. The molecule has 2 aromatic rings. The first-order valence-electron chi connectivity index (χ1n) is 6.51. The summed E-state index contributed by atoms with van der Waals surface area (Å²) in [5.41, 5.74) is 3.52. The first-order valence-corrected chi connectivity index (χ1v) is 6.51. The second kappa shape index (κ2) is 5.85. The van der Waals surface area contributed by atoms with Crippen molar-refractivity contribution in [2.45, 2.75) is 20.8 Å². The quantitative estimate of drug-likeness (QED) is 0.657. The predicted molar refractivity (Wildman–Crippen MR) is 77.4 cm³/mol. The lowest BCUT2D eigenvalue weighted by Crippen LogP contribution is -2.24. The number of Topliss-reactive ketones (excluding diaryl/α,β-unsaturated/α-hetero) is 1. The van der Waals surface area contributed by atoms with Gasteiger partial charge in [-0.3, -0.25) is 4.79 Å². The van der Waals surface area contributed by atoms with Gasteiger partial charge in [0.15, 0.2) is 11.5 Å². The van der Waals surface area contributed by atoms with Gasteiger partial charge in [0.25, 0.3) is 0 Å². The van der Waals surface area contributed by atoms with Crippen LogP contribution in [0.2, 0.25) is 0 Å². The summed E-state index contributed by atoms with van der Waals surface area (Å²) in [7, 11) is 0. The number of rotatable bonds is 5. The van der Waals surface area contributed by atoms with Gasteiger partial charge in [-0.25, -0.2) is 0 Å². The van der Waals surface area contributed by atoms with Crippen LogP contribution in [0.3, 0.4) is 0 Å². The fourth-order valence-electron chi connectivity index (χ4n) is 1.87. The molecule has 0 aromatic heterocycles. The average Bonchev–Trinajstić information content (AvgIpc) is 2.37. The van der Waals surface area contributed by atoms with E-state index in [0.29, 0.717) is 17.2 Å². The molecule has 3 heteroatoms. The molecule has 0 spiro atoms. The number of carbonyl (C=O) groups excluding carboxylic acids is 1. The Labute approximate surface area is 113 Å². The van der Waals surface area contributed by atoms with Crippen molar-refractivity contribution >= 4 is 16.6 Å². The van der Waals surface area contributed by atoms with Crippen molar-refractivity contribution in [3.63, 3.8) is 0 Å². The molecule has 0 amide bonds. The van der Waals surface area contributed by atoms with E-state index in [1.807, 2.05) is 36.4 Å². The molecule has 0 radical (unpaired) electrons. The van der Waals surface area contributed by atoms with Crippen LogP contribution in [0.4, 0.5) is 0 Å². The Morgan fingerprint density at radius 2 is 1.84 bits per heavy atom. The molecule has 0 saturated carbocycles. The van der Waals surface area contributed by atoms with Gasteiger partial charge in [0, 0.05) is 6.54 Å². The summed E-state index contributed by atoms with van der Waals surface area (Å²) < 4.78 is 0. The summed E-state index contributed by atoms with van der Waals surface area (Å²) in [6.07, 6.45) is 0. The summed E-state index contributed by atoms with van der Waals surface area (Å²) in [6.45, 7) is 6.49. The molecular weight excluding hydrogens is 238 g/mol. The topological polar surface area (TPSA) is 38.3 Å². The molecule has 0 bridgehead atoms. The second-order valence-electron chi connectivity index (χ2n) is 5.10. The molecule has 0 fully saturated rings. The highest BCUT2D eigenvalue weighted by atomic mass is 16.6. The van der Waals surface area contributed by atoms with Crippen molar-refractivity contribution in [1.82, 2.24) is 5.48 Å². The van der Waals surface area contributed by atoms with E-state index in [1.165, 1.54) is 0 Å². The van der Waals surface area contributed by atoms with E-state index in [1.54, 1.807) is 6.92 Å². The summed E-state index contributed by atoms with van der Waals surface area (Å²) in [6, 6.07) is 11.7. The number of carbonyl (C=O) groups is 1. The van der Waals surface area contributed by atoms with Crippen molar-refractivity contribution in [3.05, 3.63) is 42.0 Å². The van der Waals surface area contributed by atoms with E-state index in [4.69, 9.17) is 4.84 Å². The van der Waals surface area contributed by atoms with Crippen LogP contribution < -0.4 is 10.3 Å². The number of benzene rings is 2. The van der Waals surface area contributed by atoms with Crippen LogP contribution in [0, 0.1) is 5.92 Å². The third kappa shape index (κ3) is 3.32. The molecule has 1 N–H and O–H groups in total. The highest BCUT2D eigenvalue weighted by molar-refractivity contribution is 6.01. The van der Waals surface area contributed by atoms with Gasteiger partial charge in [-0.15, -0.1) is 0 Å². The van der Waals surface area contributed by atoms with E-state index in [2.05, 4.69) is 19.3 Å². The summed E-state index contributed by atoms with van der Waals surface area (Å²) in [4.78, 5) is 17.2. The normalized spacial score (nSPS) is 10.9. The van der Waals surface area contributed by atoms with E-state index in [9.17, 15) is 4.79 Å². The molecule has 2 aromatic carbocycles. The van der Waals surface area contributed by atoms with Crippen LogP contribution in [0.1, 0.15) is 31.1 Å². The molecule has 3 nitrogen and oxygen atoms in total. The zero-order valence-electron chi connectivity index (χ0n) is 11.6. The third-order valence-electron chi connectivity index (χ3n) is 2.90. The van der Waals surface area contributed by atoms with Crippen LogP contribution in [0.25, 0.3) is 10.8 Å². The standard InChI is InChI=1S/C16H19NO2/c1-11(2)10-17-19-16-9-14-7-5-4-6-13(14)8-15(16)12(3)18/h4-9,11,17H,10H2,1-3H3. The molecule has 0 aliphatic rings. The number of hydrogen-bond donors (Lipinski definition) is 1. The number of hydroxylamine groups is 1. The average molecular weight is 257 g/mol. The van der Waals surface area contributed by atoms with E-state index >= 15 is 0 Å². The van der Waals surface area contributed by atoms with Gasteiger partial charge in [-0.05, 0) is 35.7 Å². The van der Waals surface area contributed by atoms with Gasteiger partial charge in [-0.1, -0.05) is 38.1 Å². The van der Waals surface area contributed by atoms with Crippen LogP contribution >= 0.6 is 0 Å². The molecule has 0 atom stereocenters. The molecule has 0 unspecified atom stereocenters. The SMILES string of the molecule is CC(=O)c1cc2ccccc2cc1ONCC(C)C. The van der Waals surface area contributed by atoms with Crippen molar-refractivity contribution in [2.75, 3.05) is 6.54 Å². The maximum absolute atomic E-state index is 11.7. The number of ketones is 1. The van der Waals surface area contributed by atoms with E-state index in [-0.39, 0.29) is 5.78 Å². The summed E-state index contributed by atoms with van der Waals surface area (Å²) in [5, 5.41) is 2.11. The third-order valence-corrected chi connectivity index (χ3v) is 2.90. The first kappa shape index (κ1) is 13.6. The maximum Gasteiger partial charge on any atom is 0.163 e. The zero-order chi connectivity index (χ0) is 13.8. The molecule has 0 saturated heterocycles. The Balaban J connectivity index is 2.33. The predicted octanol–water partition coefficient (Wildman–Crippen LogP) is 3.58. The molecular formula is C16H19NO2. The van der Waals surface area contributed by atoms with Gasteiger partial charge in [0.05, 0.1) is 5.56 Å². The van der Waals surface area contributed by atoms with Crippen LogP contribution in [-0.2, 0) is 0 Å². The van der Waals surface area contributed by atoms with Gasteiger partial charge in [0.2, 0.25) is 0 Å². The van der Waals surface area contributed by atoms with Crippen molar-refractivity contribution < 1.29 is 9.63 Å². The minimum Gasteiger partial charge on any atom is -0.408 e. The monoisotopic (exact) mass is 257 g/mol. The van der Waals surface area contributed by atoms with E-state index < -0.39 is 0 Å². The Morgan fingerprint density at radius 3 is 2.42 bits per heavy atom. The summed E-state index contributed by atoms with van der Waals surface area (Å²) in [5.74, 6) is 1.08. The lowest BCUT2D eigenvalue weighted by Gasteiger charge is -2.12. The highest BCUT2D eigenvalue weighted by Crippen LogP contribution is 2.26. The largest absolute Gasteiger partial charge is 0.408 e. The maximum atomic E-state index is 11.7. The second-order valence-corrected chi connectivity index (χ2v) is 5.10. The minimum absolute atomic E-state index is 0.00657. The molecule has 100 valence electrons. The fourth-order valence-corrected chi connectivity index (χ4v) is 1.87. The van der Waals surface area contributed by atoms with Crippen molar-refractivity contribution in [2.24, 2.45) is 5.92 Å². The van der Waals surface area contributed by atoms with Crippen molar-refractivity contribution in [1.29, 1.82) is 0 Å². The van der Waals surface area contributed by atoms with Crippen LogP contribution in [-0.4, -0.2) is 12.3 Å². The Hall–Kier alpha value is -1.87. The molecule has 2 rings (SSSR count). The highest BCUT2D eigenvalue weighted by Gasteiger charge is 2.11. The lowest BCUT2D eigenvalue weighted by molar-refractivity contribution is 0.100. The molecule has 19 heavy (non-hydrogen) atoms. The first-order chi connectivity index (χ1) is 9.08. The van der Waals surface area contributed by atoms with Crippen LogP contribution in [0.15, 0.2) is 36.4 Å². The van der Waals surface area contributed by atoms with Gasteiger partial charge >= 0.3 is 0 Å². The zero-order valence-corrected chi connectivity index (χ0v) is 11.6. The smallest absolute Gasteiger partial charge is 0.163 e. The van der Waals surface area contributed by atoms with Gasteiger partial charge in [0.1, 0.15) is 0 Å². The Kier molecular flexibility index (Phi) is 4.17. The minimum atomic E-state index is 0.00657. The van der Waals surface area contributed by atoms with Gasteiger partial charge in [-0.2, -0.15) is 5.48 Å². The van der Waals surface area contributed by atoms with E-state index in [0.717, 1.165) is 17.3 Å². The molecule has 0 aliphatic heterocycles. The van der Waals surface area contributed by atoms with Gasteiger partial charge < -0.3 is 4.84 Å². The molecule has 0 heterocycles. The van der Waals surface area contributed by atoms with Crippen LogP contribution in [0.5, 0.6) is 5.75 Å².